The highest BCUT2D eigenvalue weighted by Gasteiger charge is 2.55. The number of aromatic nitrogens is 2. The lowest BCUT2D eigenvalue weighted by atomic mass is 9.77. The molecule has 3 rings (SSSR count). The van der Waals surface area contributed by atoms with Gasteiger partial charge >= 0.3 is 5.69 Å². The Labute approximate surface area is 121 Å². The molecule has 1 aromatic heterocycles. The zero-order chi connectivity index (χ0) is 15.2. The molecule has 112 valence electrons. The fourth-order valence-corrected chi connectivity index (χ4v) is 4.54. The monoisotopic (exact) mass is 310 g/mol. The van der Waals surface area contributed by atoms with Gasteiger partial charge in [-0.3, -0.25) is 18.9 Å². The van der Waals surface area contributed by atoms with Crippen LogP contribution in [0.5, 0.6) is 0 Å². The van der Waals surface area contributed by atoms with E-state index in [-0.39, 0.29) is 18.6 Å². The van der Waals surface area contributed by atoms with Crippen LogP contribution in [0.25, 0.3) is 0 Å². The molecule has 1 aromatic rings. The van der Waals surface area contributed by atoms with Gasteiger partial charge in [0.1, 0.15) is 0 Å². The lowest BCUT2D eigenvalue weighted by Crippen LogP contribution is -2.39. The van der Waals surface area contributed by atoms with Gasteiger partial charge in [-0.1, -0.05) is 5.92 Å². The van der Waals surface area contributed by atoms with E-state index in [1.807, 2.05) is 0 Å². The molecule has 21 heavy (non-hydrogen) atoms. The van der Waals surface area contributed by atoms with Gasteiger partial charge in [-0.15, -0.1) is 6.42 Å². The van der Waals surface area contributed by atoms with Crippen LogP contribution in [0.15, 0.2) is 21.9 Å². The van der Waals surface area contributed by atoms with Crippen molar-refractivity contribution >= 4 is 8.03 Å². The van der Waals surface area contributed by atoms with Gasteiger partial charge in [-0.2, -0.15) is 0 Å². The maximum atomic E-state index is 12.0. The smallest absolute Gasteiger partial charge is 0.330 e. The third-order valence-corrected chi connectivity index (χ3v) is 5.51. The van der Waals surface area contributed by atoms with Crippen LogP contribution in [0.4, 0.5) is 0 Å². The number of H-pyrrole nitrogens is 1. The fraction of sp³-hybridized carbons (Fsp3) is 0.538. The van der Waals surface area contributed by atoms with E-state index < -0.39 is 30.9 Å². The summed E-state index contributed by atoms with van der Waals surface area (Å²) < 4.78 is 24.0. The predicted octanol–water partition coefficient (Wildman–Crippen LogP) is 0.195. The van der Waals surface area contributed by atoms with E-state index in [1.54, 1.807) is 6.92 Å². The molecule has 3 heterocycles. The number of nitrogens with zero attached hydrogens (tertiary/aromatic N) is 1. The Bertz CT molecular complexity index is 748. The van der Waals surface area contributed by atoms with E-state index in [1.165, 1.54) is 16.8 Å². The van der Waals surface area contributed by atoms with Crippen molar-refractivity contribution in [1.29, 1.82) is 0 Å². The molecule has 0 aliphatic carbocycles. The van der Waals surface area contributed by atoms with Gasteiger partial charge in [0.05, 0.1) is 18.1 Å². The molecule has 7 nitrogen and oxygen atoms in total. The van der Waals surface area contributed by atoms with Crippen molar-refractivity contribution in [1.82, 2.24) is 9.55 Å². The molecule has 0 amide bonds. The number of nitrogens with one attached hydrogen (secondary N) is 1. The third kappa shape index (κ3) is 2.20. The van der Waals surface area contributed by atoms with Crippen LogP contribution in [0.1, 0.15) is 13.2 Å². The fourth-order valence-electron chi connectivity index (χ4n) is 3.03. The highest BCUT2D eigenvalue weighted by Crippen LogP contribution is 2.54. The lowest BCUT2D eigenvalue weighted by Gasteiger charge is -2.32. The maximum Gasteiger partial charge on any atom is 0.330 e. The molecule has 2 saturated heterocycles. The molecule has 1 N–H and O–H groups in total. The van der Waals surface area contributed by atoms with Gasteiger partial charge < -0.3 is 9.26 Å². The van der Waals surface area contributed by atoms with Gasteiger partial charge in [-0.05, 0) is 6.92 Å². The van der Waals surface area contributed by atoms with Crippen molar-refractivity contribution in [3.8, 4) is 12.3 Å². The minimum atomic E-state index is -2.12. The van der Waals surface area contributed by atoms with E-state index in [9.17, 15) is 14.2 Å². The summed E-state index contributed by atoms with van der Waals surface area (Å²) in [5.41, 5.74) is -1.86. The first-order chi connectivity index (χ1) is 9.95. The zero-order valence-corrected chi connectivity index (χ0v) is 12.4. The van der Waals surface area contributed by atoms with E-state index >= 15 is 0 Å². The maximum absolute atomic E-state index is 12.0. The van der Waals surface area contributed by atoms with Crippen molar-refractivity contribution in [3.63, 3.8) is 0 Å². The average molecular weight is 310 g/mol. The lowest BCUT2D eigenvalue weighted by molar-refractivity contribution is -0.0417. The molecule has 0 spiro atoms. The summed E-state index contributed by atoms with van der Waals surface area (Å²) in [6, 6.07) is 1.24. The first-order valence-corrected chi connectivity index (χ1v) is 8.08. The van der Waals surface area contributed by atoms with Crippen molar-refractivity contribution < 1.29 is 13.8 Å². The summed E-state index contributed by atoms with van der Waals surface area (Å²) >= 11 is 0. The van der Waals surface area contributed by atoms with Crippen molar-refractivity contribution in [3.05, 3.63) is 33.1 Å². The molecular formula is C13H15N2O5P. The van der Waals surface area contributed by atoms with Crippen LogP contribution in [-0.2, 0) is 13.8 Å². The van der Waals surface area contributed by atoms with Gasteiger partial charge in [0.15, 0.2) is 14.3 Å². The second-order valence-corrected chi connectivity index (χ2v) is 6.91. The molecule has 2 fully saturated rings. The first kappa shape index (κ1) is 14.3. The Morgan fingerprint density at radius 3 is 3.00 bits per heavy atom. The van der Waals surface area contributed by atoms with E-state index in [0.29, 0.717) is 6.16 Å². The first-order valence-electron chi connectivity index (χ1n) is 6.56. The normalized spacial score (nSPS) is 38.7. The highest BCUT2D eigenvalue weighted by atomic mass is 31.1. The third-order valence-electron chi connectivity index (χ3n) is 4.25. The Morgan fingerprint density at radius 1 is 1.57 bits per heavy atom. The SMILES string of the molecule is C#C[C@]1(C)[C@@H]2C[PH](=O)OC[C@H]2O[C@H]1n1ccc(=O)[nH]c1=O. The van der Waals surface area contributed by atoms with Gasteiger partial charge in [-0.25, -0.2) is 4.79 Å². The Morgan fingerprint density at radius 2 is 2.33 bits per heavy atom. The summed E-state index contributed by atoms with van der Waals surface area (Å²) in [5.74, 6) is 2.55. The van der Waals surface area contributed by atoms with Crippen LogP contribution in [0.2, 0.25) is 0 Å². The molecule has 1 unspecified atom stereocenters. The minimum absolute atomic E-state index is 0.147. The number of terminal acetylenes is 1. The van der Waals surface area contributed by atoms with Crippen LogP contribution >= 0.6 is 8.03 Å². The molecule has 0 saturated carbocycles. The molecule has 8 heteroatoms. The van der Waals surface area contributed by atoms with Gasteiger partial charge in [0.2, 0.25) is 0 Å². The second kappa shape index (κ2) is 4.99. The zero-order valence-electron chi connectivity index (χ0n) is 11.4. The van der Waals surface area contributed by atoms with E-state index in [2.05, 4.69) is 10.9 Å². The number of fused-ring (bicyclic) bond motifs is 1. The molecular weight excluding hydrogens is 295 g/mol. The van der Waals surface area contributed by atoms with Crippen molar-refractivity contribution in [2.24, 2.45) is 11.3 Å². The number of rotatable bonds is 1. The molecule has 5 atom stereocenters. The topological polar surface area (TPSA) is 90.4 Å². The quantitative estimate of drug-likeness (QED) is 0.591. The molecule has 0 aromatic carbocycles. The highest BCUT2D eigenvalue weighted by molar-refractivity contribution is 7.39. The van der Waals surface area contributed by atoms with Gasteiger partial charge in [0, 0.05) is 24.3 Å². The number of hydrogen-bond donors (Lipinski definition) is 1. The summed E-state index contributed by atoms with van der Waals surface area (Å²) in [6.45, 7) is 2.01. The Kier molecular flexibility index (Phi) is 3.40. The molecule has 2 aliphatic rings. The van der Waals surface area contributed by atoms with E-state index in [4.69, 9.17) is 15.7 Å². The van der Waals surface area contributed by atoms with Crippen LogP contribution < -0.4 is 11.2 Å². The number of hydrogen-bond acceptors (Lipinski definition) is 5. The molecule has 2 aliphatic heterocycles. The number of aromatic amines is 1. The van der Waals surface area contributed by atoms with Crippen molar-refractivity contribution in [2.75, 3.05) is 12.8 Å². The van der Waals surface area contributed by atoms with E-state index in [0.717, 1.165) is 0 Å². The summed E-state index contributed by atoms with van der Waals surface area (Å²) in [5, 5.41) is 0. The average Bonchev–Trinajstić information content (AvgIpc) is 2.73. The van der Waals surface area contributed by atoms with Crippen LogP contribution in [-0.4, -0.2) is 28.4 Å². The predicted molar refractivity (Wildman–Crippen MR) is 75.5 cm³/mol. The summed E-state index contributed by atoms with van der Waals surface area (Å²) in [7, 11) is -2.12. The Balaban J connectivity index is 2.07. The number of ether oxygens (including phenoxy) is 1. The van der Waals surface area contributed by atoms with Crippen molar-refractivity contribution in [2.45, 2.75) is 19.3 Å². The summed E-state index contributed by atoms with van der Waals surface area (Å²) in [4.78, 5) is 25.3. The minimum Gasteiger partial charge on any atom is -0.350 e. The summed E-state index contributed by atoms with van der Waals surface area (Å²) in [6.07, 6.45) is 6.35. The van der Waals surface area contributed by atoms with Crippen LogP contribution in [0.3, 0.4) is 0 Å². The Hall–Kier alpha value is -1.61. The standard InChI is InChI=1S/C13H15N2O5P/c1-3-13(2)8-7-21(18)19-6-9(8)20-11(13)15-5-4-10(16)14-12(15)17/h1,4-5,8-9,11,21H,6-7H2,2H3,(H,14,16,17)/t8-,9-,11-,13-/m1/s1. The van der Waals surface area contributed by atoms with Gasteiger partial charge in [0.25, 0.3) is 5.56 Å². The molecule has 0 bridgehead atoms. The second-order valence-electron chi connectivity index (χ2n) is 5.46. The van der Waals surface area contributed by atoms with Crippen LogP contribution in [0, 0.1) is 23.7 Å². The largest absolute Gasteiger partial charge is 0.350 e. The molecule has 0 radical (unpaired) electrons.